The summed E-state index contributed by atoms with van der Waals surface area (Å²) < 4.78 is 1.74. The Morgan fingerprint density at radius 2 is 1.89 bits per heavy atom. The first-order valence-corrected chi connectivity index (χ1v) is 10.7. The molecule has 0 atom stereocenters. The molecule has 0 radical (unpaired) electrons. The summed E-state index contributed by atoms with van der Waals surface area (Å²) in [6.45, 7) is 2.37. The standard InChI is InChI=1S/C19H16ClN5OS2/c1-12-22-23-19-25(12)24-18(28-19)14-4-2-13(3-5-14)10-21-17(26)11-27-16-8-6-15(20)7-9-16/h2-9H,10-11H2,1H3,(H,21,26). The number of carbonyl (C=O) groups excluding carboxylic acids is 1. The van der Waals surface area contributed by atoms with Gasteiger partial charge in [0.15, 0.2) is 5.82 Å². The van der Waals surface area contributed by atoms with Crippen LogP contribution in [0.4, 0.5) is 0 Å². The second-order valence-corrected chi connectivity index (χ2v) is 8.51. The van der Waals surface area contributed by atoms with E-state index in [2.05, 4.69) is 20.6 Å². The minimum absolute atomic E-state index is 0.00634. The largest absolute Gasteiger partial charge is 0.351 e. The third kappa shape index (κ3) is 4.35. The van der Waals surface area contributed by atoms with E-state index in [9.17, 15) is 4.79 Å². The first-order chi connectivity index (χ1) is 13.6. The molecule has 2 aromatic carbocycles. The van der Waals surface area contributed by atoms with Crippen molar-refractivity contribution in [2.45, 2.75) is 18.4 Å². The zero-order valence-corrected chi connectivity index (χ0v) is 17.3. The molecule has 0 saturated carbocycles. The number of halogens is 1. The Hall–Kier alpha value is -2.42. The lowest BCUT2D eigenvalue weighted by Crippen LogP contribution is -2.24. The number of fused-ring (bicyclic) bond motifs is 1. The minimum Gasteiger partial charge on any atom is -0.351 e. The molecule has 142 valence electrons. The van der Waals surface area contributed by atoms with Crippen LogP contribution in [0.1, 0.15) is 11.4 Å². The van der Waals surface area contributed by atoms with Crippen molar-refractivity contribution in [1.82, 2.24) is 25.1 Å². The van der Waals surface area contributed by atoms with Crippen molar-refractivity contribution < 1.29 is 4.79 Å². The van der Waals surface area contributed by atoms with Gasteiger partial charge in [-0.1, -0.05) is 47.2 Å². The van der Waals surface area contributed by atoms with Gasteiger partial charge in [-0.05, 0) is 36.8 Å². The zero-order chi connectivity index (χ0) is 19.5. The molecule has 0 unspecified atom stereocenters. The van der Waals surface area contributed by atoms with Crippen molar-refractivity contribution in [3.63, 3.8) is 0 Å². The number of aromatic nitrogens is 4. The van der Waals surface area contributed by atoms with Gasteiger partial charge in [-0.3, -0.25) is 4.79 Å². The second-order valence-electron chi connectivity index (χ2n) is 6.07. The van der Waals surface area contributed by atoms with E-state index >= 15 is 0 Å². The molecule has 0 aliphatic heterocycles. The summed E-state index contributed by atoms with van der Waals surface area (Å²) in [5.74, 6) is 1.13. The van der Waals surface area contributed by atoms with Gasteiger partial charge in [0.2, 0.25) is 10.9 Å². The number of nitrogens with one attached hydrogen (secondary N) is 1. The van der Waals surface area contributed by atoms with Crippen LogP contribution < -0.4 is 5.32 Å². The summed E-state index contributed by atoms with van der Waals surface area (Å²) in [7, 11) is 0. The summed E-state index contributed by atoms with van der Waals surface area (Å²) in [5, 5.41) is 17.1. The number of aryl methyl sites for hydroxylation is 1. The van der Waals surface area contributed by atoms with Gasteiger partial charge in [0.1, 0.15) is 5.01 Å². The summed E-state index contributed by atoms with van der Waals surface area (Å²) in [4.78, 5) is 13.9. The smallest absolute Gasteiger partial charge is 0.234 e. The number of hydrogen-bond acceptors (Lipinski definition) is 6. The van der Waals surface area contributed by atoms with Gasteiger partial charge in [0.25, 0.3) is 0 Å². The van der Waals surface area contributed by atoms with E-state index in [-0.39, 0.29) is 5.91 Å². The van der Waals surface area contributed by atoms with E-state index in [1.165, 1.54) is 23.1 Å². The van der Waals surface area contributed by atoms with Crippen LogP contribution in [0, 0.1) is 6.92 Å². The summed E-state index contributed by atoms with van der Waals surface area (Å²) in [6, 6.07) is 15.5. The highest BCUT2D eigenvalue weighted by Gasteiger charge is 2.10. The van der Waals surface area contributed by atoms with E-state index < -0.39 is 0 Å². The SMILES string of the molecule is Cc1nnc2sc(-c3ccc(CNC(=O)CSc4ccc(Cl)cc4)cc3)nn12. The van der Waals surface area contributed by atoms with Gasteiger partial charge < -0.3 is 5.32 Å². The molecular weight excluding hydrogens is 414 g/mol. The molecule has 0 aliphatic carbocycles. The van der Waals surface area contributed by atoms with Crippen molar-refractivity contribution in [3.8, 4) is 10.6 Å². The average Bonchev–Trinajstić information content (AvgIpc) is 3.28. The molecule has 1 N–H and O–H groups in total. The van der Waals surface area contributed by atoms with Gasteiger partial charge in [-0.15, -0.1) is 22.0 Å². The molecule has 4 rings (SSSR count). The number of thioether (sulfide) groups is 1. The first kappa shape index (κ1) is 18.9. The number of carbonyl (C=O) groups is 1. The summed E-state index contributed by atoms with van der Waals surface area (Å²) in [5.41, 5.74) is 2.05. The van der Waals surface area contributed by atoms with Crippen LogP contribution in [0.25, 0.3) is 15.5 Å². The maximum atomic E-state index is 12.1. The highest BCUT2D eigenvalue weighted by atomic mass is 35.5. The first-order valence-electron chi connectivity index (χ1n) is 8.52. The summed E-state index contributed by atoms with van der Waals surface area (Å²) >= 11 is 8.85. The lowest BCUT2D eigenvalue weighted by atomic mass is 10.1. The fourth-order valence-electron chi connectivity index (χ4n) is 2.53. The quantitative estimate of drug-likeness (QED) is 0.464. The molecule has 0 saturated heterocycles. The molecule has 0 spiro atoms. The predicted molar refractivity (Wildman–Crippen MR) is 113 cm³/mol. The van der Waals surface area contributed by atoms with Crippen molar-refractivity contribution >= 4 is 45.6 Å². The maximum Gasteiger partial charge on any atom is 0.234 e. The van der Waals surface area contributed by atoms with Crippen molar-refractivity contribution in [1.29, 1.82) is 0 Å². The van der Waals surface area contributed by atoms with Crippen LogP contribution in [0.15, 0.2) is 53.4 Å². The normalized spacial score (nSPS) is 11.1. The molecule has 4 aromatic rings. The molecule has 2 aromatic heterocycles. The number of benzene rings is 2. The third-order valence-corrected chi connectivity index (χ3v) is 6.23. The van der Waals surface area contributed by atoms with Crippen LogP contribution in [-0.2, 0) is 11.3 Å². The Morgan fingerprint density at radius 3 is 2.61 bits per heavy atom. The van der Waals surface area contributed by atoms with Crippen molar-refractivity contribution in [2.75, 3.05) is 5.75 Å². The maximum absolute atomic E-state index is 12.1. The fourth-order valence-corrected chi connectivity index (χ4v) is 4.27. The molecule has 1 amide bonds. The van der Waals surface area contributed by atoms with Crippen molar-refractivity contribution in [2.24, 2.45) is 0 Å². The van der Waals surface area contributed by atoms with E-state index in [1.807, 2.05) is 55.5 Å². The van der Waals surface area contributed by atoms with E-state index in [4.69, 9.17) is 11.6 Å². The topological polar surface area (TPSA) is 72.2 Å². The average molecular weight is 430 g/mol. The number of nitrogens with zero attached hydrogens (tertiary/aromatic N) is 4. The fraction of sp³-hybridized carbons (Fsp3) is 0.158. The molecule has 0 aliphatic rings. The van der Waals surface area contributed by atoms with E-state index in [1.54, 1.807) is 4.52 Å². The lowest BCUT2D eigenvalue weighted by Gasteiger charge is -2.06. The molecular formula is C19H16ClN5OS2. The van der Waals surface area contributed by atoms with Crippen LogP contribution >= 0.6 is 34.7 Å². The van der Waals surface area contributed by atoms with Crippen LogP contribution in [-0.4, -0.2) is 31.5 Å². The van der Waals surface area contributed by atoms with Gasteiger partial charge in [0.05, 0.1) is 5.75 Å². The Bertz CT molecular complexity index is 1110. The van der Waals surface area contributed by atoms with Gasteiger partial charge in [-0.2, -0.15) is 9.61 Å². The number of amides is 1. The zero-order valence-electron chi connectivity index (χ0n) is 14.9. The minimum atomic E-state index is -0.00634. The molecule has 6 nitrogen and oxygen atoms in total. The highest BCUT2D eigenvalue weighted by Crippen LogP contribution is 2.25. The Kier molecular flexibility index (Phi) is 5.61. The molecule has 2 heterocycles. The number of hydrogen-bond donors (Lipinski definition) is 1. The summed E-state index contributed by atoms with van der Waals surface area (Å²) in [6.07, 6.45) is 0. The monoisotopic (exact) mass is 429 g/mol. The molecule has 9 heteroatoms. The third-order valence-electron chi connectivity index (χ3n) is 4.02. The molecule has 0 fully saturated rings. The van der Waals surface area contributed by atoms with Gasteiger partial charge in [0, 0.05) is 22.0 Å². The number of rotatable bonds is 6. The van der Waals surface area contributed by atoms with Gasteiger partial charge in [-0.25, -0.2) is 0 Å². The van der Waals surface area contributed by atoms with E-state index in [0.717, 1.165) is 31.8 Å². The Labute approximate surface area is 174 Å². The second kappa shape index (κ2) is 8.30. The van der Waals surface area contributed by atoms with Crippen LogP contribution in [0.5, 0.6) is 0 Å². The molecule has 28 heavy (non-hydrogen) atoms. The predicted octanol–water partition coefficient (Wildman–Crippen LogP) is 4.22. The van der Waals surface area contributed by atoms with E-state index in [0.29, 0.717) is 17.3 Å². The van der Waals surface area contributed by atoms with Crippen LogP contribution in [0.3, 0.4) is 0 Å². The Morgan fingerprint density at radius 1 is 1.14 bits per heavy atom. The molecule has 0 bridgehead atoms. The van der Waals surface area contributed by atoms with Crippen molar-refractivity contribution in [3.05, 3.63) is 64.9 Å². The Balaban J connectivity index is 1.31. The van der Waals surface area contributed by atoms with Crippen LogP contribution in [0.2, 0.25) is 5.02 Å². The lowest BCUT2D eigenvalue weighted by molar-refractivity contribution is -0.118. The highest BCUT2D eigenvalue weighted by molar-refractivity contribution is 8.00. The van der Waals surface area contributed by atoms with Gasteiger partial charge >= 0.3 is 0 Å².